The maximum atomic E-state index is 12.1. The first-order valence-corrected chi connectivity index (χ1v) is 7.58. The molecule has 0 aromatic heterocycles. The van der Waals surface area contributed by atoms with E-state index in [0.717, 1.165) is 11.1 Å². The number of hydrogen-bond acceptors (Lipinski definition) is 1. The van der Waals surface area contributed by atoms with Crippen molar-refractivity contribution in [2.75, 3.05) is 0 Å². The molecule has 2 aromatic rings. The average molecular weight is 301 g/mol. The van der Waals surface area contributed by atoms with E-state index in [4.69, 9.17) is 11.6 Å². The zero-order valence-corrected chi connectivity index (χ0v) is 13.6. The van der Waals surface area contributed by atoms with Crippen molar-refractivity contribution in [2.24, 2.45) is 0 Å². The van der Waals surface area contributed by atoms with Crippen molar-refractivity contribution in [2.45, 2.75) is 39.0 Å². The minimum atomic E-state index is 0.145. The van der Waals surface area contributed by atoms with Crippen molar-refractivity contribution < 1.29 is 4.79 Å². The van der Waals surface area contributed by atoms with Crippen molar-refractivity contribution in [3.63, 3.8) is 0 Å². The molecule has 0 N–H and O–H groups in total. The molecule has 0 aliphatic carbocycles. The zero-order chi connectivity index (χ0) is 15.5. The third-order valence-electron chi connectivity index (χ3n) is 3.54. The second-order valence-electron chi connectivity index (χ2n) is 6.47. The van der Waals surface area contributed by atoms with Gasteiger partial charge >= 0.3 is 0 Å². The van der Waals surface area contributed by atoms with E-state index in [9.17, 15) is 4.79 Å². The summed E-state index contributed by atoms with van der Waals surface area (Å²) in [5, 5.41) is 0.698. The molecule has 0 aliphatic rings. The molecule has 2 heteroatoms. The average Bonchev–Trinajstić information content (AvgIpc) is 2.41. The fourth-order valence-electron chi connectivity index (χ4n) is 2.24. The number of rotatable bonds is 4. The summed E-state index contributed by atoms with van der Waals surface area (Å²) in [5.74, 6) is 0.223. The summed E-state index contributed by atoms with van der Waals surface area (Å²) in [6.45, 7) is 6.56. The number of benzene rings is 2. The van der Waals surface area contributed by atoms with Gasteiger partial charge in [-0.1, -0.05) is 68.8 Å². The van der Waals surface area contributed by atoms with Gasteiger partial charge in [0.15, 0.2) is 0 Å². The van der Waals surface area contributed by atoms with E-state index in [1.807, 2.05) is 24.3 Å². The predicted octanol–water partition coefficient (Wildman–Crippen LogP) is 4.99. The summed E-state index contributed by atoms with van der Waals surface area (Å²) in [6, 6.07) is 15.8. The smallest absolute Gasteiger partial charge is 0.141 e. The van der Waals surface area contributed by atoms with Gasteiger partial charge in [-0.05, 0) is 34.2 Å². The number of halogens is 1. The molecule has 0 amide bonds. The molecule has 0 saturated carbocycles. The first kappa shape index (κ1) is 15.8. The Bertz CT molecular complexity index is 604. The van der Waals surface area contributed by atoms with E-state index in [1.54, 1.807) is 0 Å². The van der Waals surface area contributed by atoms with Crippen LogP contribution in [-0.4, -0.2) is 5.78 Å². The number of carbonyl (C=O) groups excluding carboxylic acids is 1. The highest BCUT2D eigenvalue weighted by Crippen LogP contribution is 2.22. The van der Waals surface area contributed by atoms with Crippen LogP contribution >= 0.6 is 11.6 Å². The summed E-state index contributed by atoms with van der Waals surface area (Å²) < 4.78 is 0. The van der Waals surface area contributed by atoms with Gasteiger partial charge in [0.2, 0.25) is 0 Å². The van der Waals surface area contributed by atoms with Crippen molar-refractivity contribution in [3.8, 4) is 0 Å². The van der Waals surface area contributed by atoms with Crippen LogP contribution in [0.5, 0.6) is 0 Å². The standard InChI is InChI=1S/C19H21ClO/c1-19(2,3)16-8-4-14(5-9-16)12-18(21)13-15-6-10-17(20)11-7-15/h4-11H,12-13H2,1-3H3. The van der Waals surface area contributed by atoms with Crippen LogP contribution in [0.2, 0.25) is 5.02 Å². The molecule has 0 bridgehead atoms. The molecule has 0 fully saturated rings. The molecule has 0 aliphatic heterocycles. The summed E-state index contributed by atoms with van der Waals surface area (Å²) in [7, 11) is 0. The van der Waals surface area contributed by atoms with E-state index in [-0.39, 0.29) is 11.2 Å². The second-order valence-corrected chi connectivity index (χ2v) is 6.90. The van der Waals surface area contributed by atoms with Crippen LogP contribution in [0.1, 0.15) is 37.5 Å². The minimum Gasteiger partial charge on any atom is -0.299 e. The maximum Gasteiger partial charge on any atom is 0.141 e. The van der Waals surface area contributed by atoms with E-state index in [1.165, 1.54) is 5.56 Å². The third kappa shape index (κ3) is 4.71. The highest BCUT2D eigenvalue weighted by atomic mass is 35.5. The Balaban J connectivity index is 1.98. The van der Waals surface area contributed by atoms with Gasteiger partial charge in [0.1, 0.15) is 5.78 Å². The van der Waals surface area contributed by atoms with Gasteiger partial charge in [-0.2, -0.15) is 0 Å². The molecule has 0 heterocycles. The quantitative estimate of drug-likeness (QED) is 0.777. The number of carbonyl (C=O) groups is 1. The van der Waals surface area contributed by atoms with Crippen molar-refractivity contribution in [3.05, 3.63) is 70.2 Å². The van der Waals surface area contributed by atoms with Gasteiger partial charge in [-0.25, -0.2) is 0 Å². The molecule has 0 unspecified atom stereocenters. The van der Waals surface area contributed by atoms with Crippen LogP contribution < -0.4 is 0 Å². The molecular weight excluding hydrogens is 280 g/mol. The van der Waals surface area contributed by atoms with E-state index < -0.39 is 0 Å². The van der Waals surface area contributed by atoms with Gasteiger partial charge in [0, 0.05) is 17.9 Å². The number of ketones is 1. The van der Waals surface area contributed by atoms with Crippen LogP contribution in [-0.2, 0) is 23.1 Å². The van der Waals surface area contributed by atoms with Crippen LogP contribution in [0.25, 0.3) is 0 Å². The molecule has 0 spiro atoms. The molecule has 110 valence electrons. The highest BCUT2D eigenvalue weighted by molar-refractivity contribution is 6.30. The Morgan fingerprint density at radius 3 is 1.71 bits per heavy atom. The first-order chi connectivity index (χ1) is 9.84. The fraction of sp³-hybridized carbons (Fsp3) is 0.316. The Labute approximate surface area is 132 Å². The van der Waals surface area contributed by atoms with E-state index in [2.05, 4.69) is 45.0 Å². The van der Waals surface area contributed by atoms with Crippen LogP contribution in [0.15, 0.2) is 48.5 Å². The summed E-state index contributed by atoms with van der Waals surface area (Å²) in [5.41, 5.74) is 3.51. The molecule has 0 saturated heterocycles. The minimum absolute atomic E-state index is 0.145. The first-order valence-electron chi connectivity index (χ1n) is 7.20. The Kier molecular flexibility index (Phi) is 4.84. The molecule has 1 nitrogen and oxygen atoms in total. The predicted molar refractivity (Wildman–Crippen MR) is 89.0 cm³/mol. The lowest BCUT2D eigenvalue weighted by Crippen LogP contribution is -2.11. The van der Waals surface area contributed by atoms with Gasteiger partial charge in [-0.3, -0.25) is 4.79 Å². The zero-order valence-electron chi connectivity index (χ0n) is 12.8. The van der Waals surface area contributed by atoms with Crippen LogP contribution in [0, 0.1) is 0 Å². The van der Waals surface area contributed by atoms with Gasteiger partial charge in [-0.15, -0.1) is 0 Å². The molecule has 0 radical (unpaired) electrons. The molecule has 2 aromatic carbocycles. The largest absolute Gasteiger partial charge is 0.299 e. The van der Waals surface area contributed by atoms with Crippen molar-refractivity contribution in [1.29, 1.82) is 0 Å². The van der Waals surface area contributed by atoms with Gasteiger partial charge in [0.05, 0.1) is 0 Å². The lowest BCUT2D eigenvalue weighted by atomic mass is 9.86. The van der Waals surface area contributed by atoms with E-state index >= 15 is 0 Å². The monoisotopic (exact) mass is 300 g/mol. The SMILES string of the molecule is CC(C)(C)c1ccc(CC(=O)Cc2ccc(Cl)cc2)cc1. The van der Waals surface area contributed by atoms with Gasteiger partial charge < -0.3 is 0 Å². The molecule has 0 atom stereocenters. The summed E-state index contributed by atoms with van der Waals surface area (Å²) >= 11 is 5.84. The Hall–Kier alpha value is -1.60. The Morgan fingerprint density at radius 1 is 0.857 bits per heavy atom. The summed E-state index contributed by atoms with van der Waals surface area (Å²) in [4.78, 5) is 12.1. The number of hydrogen-bond donors (Lipinski definition) is 0. The number of Topliss-reactive ketones (excluding diaryl/α,β-unsaturated/α-hetero) is 1. The molecule has 21 heavy (non-hydrogen) atoms. The van der Waals surface area contributed by atoms with Gasteiger partial charge in [0.25, 0.3) is 0 Å². The van der Waals surface area contributed by atoms with Crippen LogP contribution in [0.3, 0.4) is 0 Å². The second kappa shape index (κ2) is 6.44. The topological polar surface area (TPSA) is 17.1 Å². The van der Waals surface area contributed by atoms with E-state index in [0.29, 0.717) is 17.9 Å². The maximum absolute atomic E-state index is 12.1. The Morgan fingerprint density at radius 2 is 1.29 bits per heavy atom. The molecular formula is C19H21ClO. The third-order valence-corrected chi connectivity index (χ3v) is 3.79. The van der Waals surface area contributed by atoms with Crippen molar-refractivity contribution >= 4 is 17.4 Å². The normalized spacial score (nSPS) is 11.4. The fourth-order valence-corrected chi connectivity index (χ4v) is 2.37. The summed E-state index contributed by atoms with van der Waals surface area (Å²) in [6.07, 6.45) is 0.936. The van der Waals surface area contributed by atoms with Crippen LogP contribution in [0.4, 0.5) is 0 Å². The highest BCUT2D eigenvalue weighted by Gasteiger charge is 2.13. The molecule has 2 rings (SSSR count). The lowest BCUT2D eigenvalue weighted by Gasteiger charge is -2.19. The lowest BCUT2D eigenvalue weighted by molar-refractivity contribution is -0.117. The van der Waals surface area contributed by atoms with Crippen molar-refractivity contribution in [1.82, 2.24) is 0 Å².